The molecule has 10 nitrogen and oxygen atoms in total. The van der Waals surface area contributed by atoms with Gasteiger partial charge in [-0.1, -0.05) is 6.07 Å². The molecule has 0 bridgehead atoms. The first-order valence-electron chi connectivity index (χ1n) is 9.54. The molecule has 1 aliphatic heterocycles. The van der Waals surface area contributed by atoms with Crippen LogP contribution in [-0.4, -0.2) is 76.5 Å². The molecule has 168 valence electrons. The van der Waals surface area contributed by atoms with Crippen LogP contribution in [0.1, 0.15) is 0 Å². The molecular weight excluding hydrogens is 446 g/mol. The Balaban J connectivity index is 1.32. The number of piperazine rings is 1. The molecule has 0 aliphatic carbocycles. The lowest BCUT2D eigenvalue weighted by Crippen LogP contribution is -2.51. The number of ether oxygens (including phenoxy) is 1. The molecule has 1 fully saturated rings. The van der Waals surface area contributed by atoms with Crippen molar-refractivity contribution in [2.45, 2.75) is 4.90 Å². The van der Waals surface area contributed by atoms with E-state index in [1.165, 1.54) is 15.9 Å². The number of rotatable bonds is 6. The zero-order chi connectivity index (χ0) is 22.7. The average Bonchev–Trinajstić information content (AvgIpc) is 3.33. The monoisotopic (exact) mass is 464 g/mol. The Morgan fingerprint density at radius 3 is 2.25 bits per heavy atom. The van der Waals surface area contributed by atoms with Crippen molar-refractivity contribution in [2.75, 3.05) is 32.8 Å². The van der Waals surface area contributed by atoms with Gasteiger partial charge in [-0.05, 0) is 46.8 Å². The van der Waals surface area contributed by atoms with E-state index in [4.69, 9.17) is 4.74 Å². The molecule has 0 unspecified atom stereocenters. The van der Waals surface area contributed by atoms with Gasteiger partial charge in [0.15, 0.2) is 11.5 Å². The highest BCUT2D eigenvalue weighted by Gasteiger charge is 2.34. The number of sulfonamides is 1. The van der Waals surface area contributed by atoms with E-state index in [9.17, 15) is 22.0 Å². The number of carbonyl (C=O) groups is 1. The van der Waals surface area contributed by atoms with Crippen molar-refractivity contribution in [1.29, 1.82) is 0 Å². The largest absolute Gasteiger partial charge is 0.484 e. The lowest BCUT2D eigenvalue weighted by atomic mass is 10.3. The molecule has 0 radical (unpaired) electrons. The van der Waals surface area contributed by atoms with Crippen molar-refractivity contribution in [3.05, 3.63) is 60.4 Å². The van der Waals surface area contributed by atoms with Crippen LogP contribution in [0.3, 0.4) is 0 Å². The van der Waals surface area contributed by atoms with Crippen molar-refractivity contribution >= 4 is 15.9 Å². The lowest BCUT2D eigenvalue weighted by Gasteiger charge is -2.34. The number of halogens is 2. The molecule has 0 spiro atoms. The fourth-order valence-corrected chi connectivity index (χ4v) is 4.78. The molecule has 0 N–H and O–H groups in total. The Morgan fingerprint density at radius 1 is 1.00 bits per heavy atom. The van der Waals surface area contributed by atoms with Crippen LogP contribution < -0.4 is 4.74 Å². The van der Waals surface area contributed by atoms with Crippen LogP contribution in [-0.2, 0) is 14.8 Å². The zero-order valence-electron chi connectivity index (χ0n) is 16.6. The lowest BCUT2D eigenvalue weighted by molar-refractivity contribution is -0.134. The molecule has 13 heteroatoms. The number of benzene rings is 2. The highest BCUT2D eigenvalue weighted by molar-refractivity contribution is 7.89. The summed E-state index contributed by atoms with van der Waals surface area (Å²) in [5.41, 5.74) is 0.720. The molecule has 2 heterocycles. The Labute approximate surface area is 182 Å². The van der Waals surface area contributed by atoms with Crippen LogP contribution in [0.15, 0.2) is 53.7 Å². The summed E-state index contributed by atoms with van der Waals surface area (Å²) in [7, 11) is -4.35. The van der Waals surface area contributed by atoms with Gasteiger partial charge in [-0.15, -0.1) is 5.10 Å². The molecule has 1 amide bonds. The molecule has 1 saturated heterocycles. The van der Waals surface area contributed by atoms with Crippen LogP contribution in [0.5, 0.6) is 5.75 Å². The highest BCUT2D eigenvalue weighted by atomic mass is 32.2. The number of nitrogens with zero attached hydrogens (tertiary/aromatic N) is 6. The van der Waals surface area contributed by atoms with Crippen molar-refractivity contribution in [3.63, 3.8) is 0 Å². The first-order valence-corrected chi connectivity index (χ1v) is 11.0. The van der Waals surface area contributed by atoms with Crippen molar-refractivity contribution in [1.82, 2.24) is 29.4 Å². The van der Waals surface area contributed by atoms with E-state index in [1.807, 2.05) is 0 Å². The Morgan fingerprint density at radius 2 is 1.66 bits per heavy atom. The second kappa shape index (κ2) is 8.96. The van der Waals surface area contributed by atoms with E-state index < -0.39 is 26.6 Å². The quantitative estimate of drug-likeness (QED) is 0.532. The molecule has 2 aromatic carbocycles. The van der Waals surface area contributed by atoms with Crippen LogP contribution >= 0.6 is 0 Å². The summed E-state index contributed by atoms with van der Waals surface area (Å²) in [5, 5.41) is 10.9. The fraction of sp³-hybridized carbons (Fsp3) is 0.263. The Bertz CT molecular complexity index is 1180. The first kappa shape index (κ1) is 21.8. The van der Waals surface area contributed by atoms with E-state index in [0.717, 1.165) is 28.2 Å². The minimum atomic E-state index is -4.35. The van der Waals surface area contributed by atoms with Crippen LogP contribution in [0.4, 0.5) is 8.78 Å². The van der Waals surface area contributed by atoms with Crippen LogP contribution in [0.2, 0.25) is 0 Å². The van der Waals surface area contributed by atoms with Crippen molar-refractivity contribution < 1.29 is 26.7 Å². The van der Waals surface area contributed by atoms with Gasteiger partial charge < -0.3 is 9.64 Å². The van der Waals surface area contributed by atoms with Gasteiger partial charge in [0.05, 0.1) is 5.69 Å². The van der Waals surface area contributed by atoms with Gasteiger partial charge in [0.1, 0.15) is 23.7 Å². The topological polar surface area (TPSA) is 111 Å². The summed E-state index contributed by atoms with van der Waals surface area (Å²) in [6.07, 6.45) is 1.44. The normalized spacial score (nSPS) is 15.0. The molecular formula is C19H18F2N6O4S. The van der Waals surface area contributed by atoms with Crippen LogP contribution in [0, 0.1) is 11.6 Å². The summed E-state index contributed by atoms with van der Waals surface area (Å²) in [5.74, 6) is -2.17. The van der Waals surface area contributed by atoms with Gasteiger partial charge in [-0.25, -0.2) is 21.9 Å². The molecule has 4 rings (SSSR count). The number of carbonyl (C=O) groups excluding carboxylic acids is 1. The van der Waals surface area contributed by atoms with Gasteiger partial charge in [0, 0.05) is 26.2 Å². The van der Waals surface area contributed by atoms with E-state index >= 15 is 0 Å². The molecule has 1 aromatic heterocycles. The van der Waals surface area contributed by atoms with Crippen molar-refractivity contribution in [2.24, 2.45) is 0 Å². The third kappa shape index (κ3) is 4.43. The maximum absolute atomic E-state index is 13.9. The maximum Gasteiger partial charge on any atom is 0.260 e. The molecule has 0 atom stereocenters. The van der Waals surface area contributed by atoms with Gasteiger partial charge in [-0.3, -0.25) is 4.79 Å². The summed E-state index contributed by atoms with van der Waals surface area (Å²) >= 11 is 0. The third-order valence-corrected chi connectivity index (χ3v) is 6.87. The predicted octanol–water partition coefficient (Wildman–Crippen LogP) is 0.852. The summed E-state index contributed by atoms with van der Waals surface area (Å²) in [6, 6.07) is 9.66. The molecule has 3 aromatic rings. The third-order valence-electron chi connectivity index (χ3n) is 4.92. The first-order chi connectivity index (χ1) is 15.4. The number of aromatic nitrogens is 4. The van der Waals surface area contributed by atoms with E-state index in [1.54, 1.807) is 24.3 Å². The minimum Gasteiger partial charge on any atom is -0.484 e. The van der Waals surface area contributed by atoms with Gasteiger partial charge in [-0.2, -0.15) is 4.31 Å². The molecule has 32 heavy (non-hydrogen) atoms. The number of hydrogen-bond acceptors (Lipinski definition) is 7. The van der Waals surface area contributed by atoms with Crippen LogP contribution in [0.25, 0.3) is 5.69 Å². The number of tetrazole rings is 1. The molecule has 0 saturated carbocycles. The SMILES string of the molecule is O=C(COc1ccc(-n2cnnn2)cc1)N1CCN(S(=O)(=O)c2c(F)cccc2F)CC1. The predicted molar refractivity (Wildman–Crippen MR) is 106 cm³/mol. The van der Waals surface area contributed by atoms with Crippen molar-refractivity contribution in [3.8, 4) is 11.4 Å². The van der Waals surface area contributed by atoms with E-state index in [-0.39, 0.29) is 38.7 Å². The summed E-state index contributed by atoms with van der Waals surface area (Å²) in [6.45, 7) is -0.241. The summed E-state index contributed by atoms with van der Waals surface area (Å²) < 4.78 is 61.1. The second-order valence-electron chi connectivity index (χ2n) is 6.87. The fourth-order valence-electron chi connectivity index (χ4n) is 3.25. The average molecular weight is 464 g/mol. The maximum atomic E-state index is 13.9. The van der Waals surface area contributed by atoms with E-state index in [0.29, 0.717) is 5.75 Å². The Hall–Kier alpha value is -3.45. The Kier molecular flexibility index (Phi) is 6.10. The van der Waals surface area contributed by atoms with Gasteiger partial charge in [0.25, 0.3) is 5.91 Å². The summed E-state index contributed by atoms with van der Waals surface area (Å²) in [4.78, 5) is 12.9. The number of amides is 1. The smallest absolute Gasteiger partial charge is 0.260 e. The zero-order valence-corrected chi connectivity index (χ0v) is 17.5. The second-order valence-corrected chi connectivity index (χ2v) is 8.75. The number of hydrogen-bond donors (Lipinski definition) is 0. The van der Waals surface area contributed by atoms with E-state index in [2.05, 4.69) is 15.5 Å². The standard InChI is InChI=1S/C19H18F2N6O4S/c20-16-2-1-3-17(21)19(16)32(29,30)26-10-8-25(9-11-26)18(28)12-31-15-6-4-14(5-7-15)27-13-22-23-24-27/h1-7,13H,8-12H2. The minimum absolute atomic E-state index is 0.0791. The molecule has 1 aliphatic rings. The van der Waals surface area contributed by atoms with Gasteiger partial charge >= 0.3 is 0 Å². The van der Waals surface area contributed by atoms with Gasteiger partial charge in [0.2, 0.25) is 10.0 Å². The highest BCUT2D eigenvalue weighted by Crippen LogP contribution is 2.23.